The number of hydrogen-bond acceptors (Lipinski definition) is 7. The lowest BCUT2D eigenvalue weighted by atomic mass is 10.2. The molecular formula is C13H14BrN5O3. The number of rotatable bonds is 5. The number of nitrogens with two attached hydrogens (primary N) is 1. The molecule has 2 aromatic rings. The second-order valence-electron chi connectivity index (χ2n) is 4.48. The van der Waals surface area contributed by atoms with Crippen LogP contribution in [0.1, 0.15) is 12.5 Å². The fraction of sp³-hybridized carbons (Fsp3) is 0.231. The van der Waals surface area contributed by atoms with E-state index in [0.29, 0.717) is 18.7 Å². The highest BCUT2D eigenvalue weighted by Gasteiger charge is 2.18. The number of anilines is 2. The SMILES string of the molecule is CCN(Cc1cc(Br)ccc1O)c1ncc([N+](=O)[O-])c(N)n1. The van der Waals surface area contributed by atoms with Crippen LogP contribution >= 0.6 is 15.9 Å². The molecule has 0 atom stereocenters. The van der Waals surface area contributed by atoms with Crippen LogP contribution in [0.25, 0.3) is 0 Å². The Balaban J connectivity index is 2.30. The Bertz CT molecular complexity index is 710. The molecule has 8 nitrogen and oxygen atoms in total. The van der Waals surface area contributed by atoms with Gasteiger partial charge in [-0.2, -0.15) is 4.98 Å². The minimum absolute atomic E-state index is 0.150. The van der Waals surface area contributed by atoms with E-state index in [-0.39, 0.29) is 23.2 Å². The van der Waals surface area contributed by atoms with Gasteiger partial charge in [0, 0.05) is 23.1 Å². The van der Waals surface area contributed by atoms with Crippen molar-refractivity contribution in [3.05, 3.63) is 44.5 Å². The Hall–Kier alpha value is -2.42. The summed E-state index contributed by atoms with van der Waals surface area (Å²) in [6, 6.07) is 5.10. The van der Waals surface area contributed by atoms with Crippen LogP contribution in [-0.4, -0.2) is 26.5 Å². The van der Waals surface area contributed by atoms with Gasteiger partial charge in [0.2, 0.25) is 11.8 Å². The smallest absolute Gasteiger partial charge is 0.329 e. The molecule has 1 aromatic heterocycles. The third-order valence-electron chi connectivity index (χ3n) is 3.05. The fourth-order valence-electron chi connectivity index (χ4n) is 1.88. The van der Waals surface area contributed by atoms with Gasteiger partial charge in [0.15, 0.2) is 0 Å². The second kappa shape index (κ2) is 6.56. The summed E-state index contributed by atoms with van der Waals surface area (Å²) in [6.07, 6.45) is 1.08. The first-order valence-electron chi connectivity index (χ1n) is 6.41. The number of hydrogen-bond donors (Lipinski definition) is 2. The van der Waals surface area contributed by atoms with Gasteiger partial charge in [-0.1, -0.05) is 15.9 Å². The van der Waals surface area contributed by atoms with Gasteiger partial charge in [-0.25, -0.2) is 4.98 Å². The van der Waals surface area contributed by atoms with Crippen molar-refractivity contribution in [2.24, 2.45) is 0 Å². The molecule has 0 saturated carbocycles. The normalized spacial score (nSPS) is 10.5. The Labute approximate surface area is 134 Å². The molecule has 0 spiro atoms. The van der Waals surface area contributed by atoms with E-state index in [1.807, 2.05) is 6.92 Å². The molecule has 2 rings (SSSR count). The molecule has 1 aromatic carbocycles. The average molecular weight is 368 g/mol. The van der Waals surface area contributed by atoms with Crippen molar-refractivity contribution in [2.45, 2.75) is 13.5 Å². The fourth-order valence-corrected chi connectivity index (χ4v) is 2.29. The van der Waals surface area contributed by atoms with Crippen molar-refractivity contribution < 1.29 is 10.0 Å². The van der Waals surface area contributed by atoms with E-state index in [0.717, 1.165) is 10.7 Å². The van der Waals surface area contributed by atoms with Crippen molar-refractivity contribution in [3.63, 3.8) is 0 Å². The molecular weight excluding hydrogens is 354 g/mol. The van der Waals surface area contributed by atoms with Crippen LogP contribution in [0.2, 0.25) is 0 Å². The van der Waals surface area contributed by atoms with E-state index in [9.17, 15) is 15.2 Å². The molecule has 0 fully saturated rings. The minimum Gasteiger partial charge on any atom is -0.508 e. The molecule has 1 heterocycles. The Kier molecular flexibility index (Phi) is 4.76. The average Bonchev–Trinajstić information content (AvgIpc) is 2.47. The quantitative estimate of drug-likeness (QED) is 0.615. The van der Waals surface area contributed by atoms with Crippen LogP contribution in [0.3, 0.4) is 0 Å². The van der Waals surface area contributed by atoms with Crippen LogP contribution in [-0.2, 0) is 6.54 Å². The number of aromatic hydroxyl groups is 1. The highest BCUT2D eigenvalue weighted by molar-refractivity contribution is 9.10. The summed E-state index contributed by atoms with van der Waals surface area (Å²) in [6.45, 7) is 2.78. The predicted octanol–water partition coefficient (Wildman–Crippen LogP) is 2.46. The Morgan fingerprint density at radius 1 is 1.50 bits per heavy atom. The van der Waals surface area contributed by atoms with Crippen LogP contribution in [0.5, 0.6) is 5.75 Å². The lowest BCUT2D eigenvalue weighted by molar-refractivity contribution is -0.384. The molecule has 3 N–H and O–H groups in total. The van der Waals surface area contributed by atoms with Crippen molar-refractivity contribution >= 4 is 33.4 Å². The molecule has 0 aliphatic rings. The molecule has 0 saturated heterocycles. The number of benzene rings is 1. The zero-order chi connectivity index (χ0) is 16.3. The maximum atomic E-state index is 10.7. The summed E-state index contributed by atoms with van der Waals surface area (Å²) in [5.74, 6) is 0.230. The highest BCUT2D eigenvalue weighted by atomic mass is 79.9. The van der Waals surface area contributed by atoms with E-state index < -0.39 is 4.92 Å². The Morgan fingerprint density at radius 3 is 2.82 bits per heavy atom. The zero-order valence-corrected chi connectivity index (χ0v) is 13.3. The molecule has 116 valence electrons. The van der Waals surface area contributed by atoms with Crippen LogP contribution < -0.4 is 10.6 Å². The molecule has 22 heavy (non-hydrogen) atoms. The van der Waals surface area contributed by atoms with Crippen molar-refractivity contribution in [2.75, 3.05) is 17.2 Å². The molecule has 0 aliphatic carbocycles. The van der Waals surface area contributed by atoms with Crippen LogP contribution in [0.4, 0.5) is 17.5 Å². The van der Waals surface area contributed by atoms with Gasteiger partial charge in [0.25, 0.3) is 0 Å². The van der Waals surface area contributed by atoms with Gasteiger partial charge < -0.3 is 15.7 Å². The number of halogens is 1. The number of nitrogen functional groups attached to an aromatic ring is 1. The van der Waals surface area contributed by atoms with Crippen molar-refractivity contribution in [3.8, 4) is 5.75 Å². The van der Waals surface area contributed by atoms with Crippen molar-refractivity contribution in [1.82, 2.24) is 9.97 Å². The van der Waals surface area contributed by atoms with E-state index in [1.54, 1.807) is 23.1 Å². The summed E-state index contributed by atoms with van der Waals surface area (Å²) in [5.41, 5.74) is 5.93. The number of phenols is 1. The summed E-state index contributed by atoms with van der Waals surface area (Å²) >= 11 is 3.35. The second-order valence-corrected chi connectivity index (χ2v) is 5.40. The number of nitrogens with zero attached hydrogens (tertiary/aromatic N) is 4. The summed E-state index contributed by atoms with van der Waals surface area (Å²) in [7, 11) is 0. The Morgan fingerprint density at radius 2 is 2.23 bits per heavy atom. The molecule has 9 heteroatoms. The lowest BCUT2D eigenvalue weighted by Crippen LogP contribution is -2.24. The molecule has 0 radical (unpaired) electrons. The van der Waals surface area contributed by atoms with Crippen LogP contribution in [0.15, 0.2) is 28.9 Å². The van der Waals surface area contributed by atoms with Gasteiger partial charge in [0.1, 0.15) is 11.9 Å². The van der Waals surface area contributed by atoms with Gasteiger partial charge >= 0.3 is 5.69 Å². The number of aromatic nitrogens is 2. The highest BCUT2D eigenvalue weighted by Crippen LogP contribution is 2.26. The first kappa shape index (κ1) is 16.0. The van der Waals surface area contributed by atoms with E-state index in [2.05, 4.69) is 25.9 Å². The standard InChI is InChI=1S/C13H14BrN5O3/c1-2-18(7-8-5-9(14)3-4-11(8)20)13-16-6-10(19(21)22)12(15)17-13/h3-6,20H,2,7H2,1H3,(H2,15,16,17). The first-order valence-corrected chi connectivity index (χ1v) is 7.21. The number of nitro groups is 1. The van der Waals surface area contributed by atoms with Crippen LogP contribution in [0, 0.1) is 10.1 Å². The molecule has 0 amide bonds. The maximum Gasteiger partial charge on any atom is 0.329 e. The zero-order valence-electron chi connectivity index (χ0n) is 11.7. The summed E-state index contributed by atoms with van der Waals surface area (Å²) < 4.78 is 0.834. The maximum absolute atomic E-state index is 10.7. The third kappa shape index (κ3) is 3.42. The third-order valence-corrected chi connectivity index (χ3v) is 3.54. The largest absolute Gasteiger partial charge is 0.508 e. The van der Waals surface area contributed by atoms with Crippen molar-refractivity contribution in [1.29, 1.82) is 0 Å². The minimum atomic E-state index is -0.629. The summed E-state index contributed by atoms with van der Waals surface area (Å²) in [5, 5.41) is 20.6. The van der Waals surface area contributed by atoms with E-state index in [1.165, 1.54) is 0 Å². The van der Waals surface area contributed by atoms with Gasteiger partial charge in [-0.05, 0) is 25.1 Å². The number of phenolic OH excluding ortho intramolecular Hbond substituents is 1. The molecule has 0 unspecified atom stereocenters. The topological polar surface area (TPSA) is 118 Å². The first-order chi connectivity index (χ1) is 10.4. The van der Waals surface area contributed by atoms with Gasteiger partial charge in [0.05, 0.1) is 4.92 Å². The monoisotopic (exact) mass is 367 g/mol. The summed E-state index contributed by atoms with van der Waals surface area (Å²) in [4.78, 5) is 19.8. The van der Waals surface area contributed by atoms with Gasteiger partial charge in [-0.15, -0.1) is 0 Å². The molecule has 0 bridgehead atoms. The van der Waals surface area contributed by atoms with E-state index in [4.69, 9.17) is 5.73 Å². The molecule has 0 aliphatic heterocycles. The predicted molar refractivity (Wildman–Crippen MR) is 85.6 cm³/mol. The lowest BCUT2D eigenvalue weighted by Gasteiger charge is -2.21. The van der Waals surface area contributed by atoms with E-state index >= 15 is 0 Å². The van der Waals surface area contributed by atoms with Gasteiger partial charge in [-0.3, -0.25) is 10.1 Å².